The third-order valence-corrected chi connectivity index (χ3v) is 5.41. The molecular weight excluding hydrogens is 424 g/mol. The van der Waals surface area contributed by atoms with Gasteiger partial charge in [-0.05, 0) is 60.2 Å². The van der Waals surface area contributed by atoms with E-state index in [4.69, 9.17) is 16.7 Å². The van der Waals surface area contributed by atoms with Crippen LogP contribution in [0.5, 0.6) is 0 Å². The van der Waals surface area contributed by atoms with E-state index < -0.39 is 6.04 Å². The maximum Gasteiger partial charge on any atom is 0.251 e. The van der Waals surface area contributed by atoms with E-state index in [0.29, 0.717) is 36.4 Å². The molecule has 0 saturated carbocycles. The van der Waals surface area contributed by atoms with E-state index >= 15 is 0 Å². The number of unbranched alkanes of at least 4 members (excludes halogenated alkanes) is 1. The summed E-state index contributed by atoms with van der Waals surface area (Å²) in [7, 11) is 0. The van der Waals surface area contributed by atoms with E-state index in [1.807, 2.05) is 54.6 Å². The van der Waals surface area contributed by atoms with Gasteiger partial charge in [-0.25, -0.2) is 0 Å². The number of amides is 2. The summed E-state index contributed by atoms with van der Waals surface area (Å²) < 4.78 is 0. The molecule has 0 aliphatic heterocycles. The Kier molecular flexibility index (Phi) is 8.84. The van der Waals surface area contributed by atoms with Crippen molar-refractivity contribution in [3.05, 3.63) is 95.0 Å². The van der Waals surface area contributed by atoms with Gasteiger partial charge in [0.25, 0.3) is 5.91 Å². The second-order valence-corrected chi connectivity index (χ2v) is 7.97. The first kappa shape index (κ1) is 23.5. The van der Waals surface area contributed by atoms with Crippen LogP contribution in [0.2, 0.25) is 5.02 Å². The van der Waals surface area contributed by atoms with Crippen molar-refractivity contribution < 1.29 is 14.7 Å². The number of carbonyl (C=O) groups is 2. The molecular formula is C26H27ClN2O3. The van der Waals surface area contributed by atoms with Gasteiger partial charge in [0.2, 0.25) is 5.91 Å². The Balaban J connectivity index is 1.63. The Labute approximate surface area is 193 Å². The summed E-state index contributed by atoms with van der Waals surface area (Å²) in [5.74, 6) is -0.563. The maximum absolute atomic E-state index is 12.8. The molecule has 0 heterocycles. The van der Waals surface area contributed by atoms with Gasteiger partial charge >= 0.3 is 0 Å². The second-order valence-electron chi connectivity index (χ2n) is 7.53. The molecule has 1 atom stereocenters. The number of benzene rings is 3. The topological polar surface area (TPSA) is 78.4 Å². The van der Waals surface area contributed by atoms with Gasteiger partial charge in [-0.2, -0.15) is 0 Å². The molecule has 0 radical (unpaired) electrons. The fourth-order valence-electron chi connectivity index (χ4n) is 3.33. The fraction of sp³-hybridized carbons (Fsp3) is 0.231. The molecule has 3 aromatic carbocycles. The molecule has 0 aliphatic carbocycles. The standard InChI is InChI=1S/C26H27ClN2O3/c27-23-15-9-19(10-16-23)18-28-26(32)24(8-4-5-17-30)29-25(31)22-13-11-21(12-14-22)20-6-2-1-3-7-20/h1-3,6-7,9-16,24,30H,4-5,8,17-18H2,(H,28,32)(H,29,31)/t24-/m0/s1. The zero-order chi connectivity index (χ0) is 22.8. The first-order valence-corrected chi connectivity index (χ1v) is 11.0. The number of aliphatic hydroxyl groups is 1. The summed E-state index contributed by atoms with van der Waals surface area (Å²) in [6.07, 6.45) is 1.65. The van der Waals surface area contributed by atoms with Crippen molar-refractivity contribution in [3.8, 4) is 11.1 Å². The number of hydrogen-bond donors (Lipinski definition) is 3. The number of carbonyl (C=O) groups excluding carboxylic acids is 2. The van der Waals surface area contributed by atoms with Gasteiger partial charge in [0.05, 0.1) is 0 Å². The lowest BCUT2D eigenvalue weighted by molar-refractivity contribution is -0.123. The molecule has 2 amide bonds. The molecule has 3 N–H and O–H groups in total. The first-order chi connectivity index (χ1) is 15.6. The molecule has 0 saturated heterocycles. The Bertz CT molecular complexity index is 1010. The third kappa shape index (κ3) is 6.94. The number of halogens is 1. The predicted octanol–water partition coefficient (Wildman–Crippen LogP) is 4.58. The monoisotopic (exact) mass is 450 g/mol. The highest BCUT2D eigenvalue weighted by Gasteiger charge is 2.21. The Morgan fingerprint density at radius 2 is 1.50 bits per heavy atom. The zero-order valence-electron chi connectivity index (χ0n) is 17.8. The summed E-state index contributed by atoms with van der Waals surface area (Å²) in [6.45, 7) is 0.391. The molecule has 5 nitrogen and oxygen atoms in total. The van der Waals surface area contributed by atoms with Crippen LogP contribution in [-0.2, 0) is 11.3 Å². The Hall–Kier alpha value is -3.15. The Morgan fingerprint density at radius 1 is 0.844 bits per heavy atom. The van der Waals surface area contributed by atoms with E-state index in [9.17, 15) is 9.59 Å². The van der Waals surface area contributed by atoms with Gasteiger partial charge in [-0.3, -0.25) is 9.59 Å². The quantitative estimate of drug-likeness (QED) is 0.395. The van der Waals surface area contributed by atoms with Crippen LogP contribution in [0, 0.1) is 0 Å². The molecule has 3 aromatic rings. The minimum atomic E-state index is -0.685. The van der Waals surface area contributed by atoms with Crippen LogP contribution in [-0.4, -0.2) is 29.6 Å². The third-order valence-electron chi connectivity index (χ3n) is 5.16. The normalized spacial score (nSPS) is 11.6. The summed E-state index contributed by atoms with van der Waals surface area (Å²) in [6, 6.07) is 23.8. The van der Waals surface area contributed by atoms with Crippen molar-refractivity contribution in [2.24, 2.45) is 0 Å². The van der Waals surface area contributed by atoms with Gasteiger partial charge in [-0.15, -0.1) is 0 Å². The minimum Gasteiger partial charge on any atom is -0.396 e. The van der Waals surface area contributed by atoms with Crippen molar-refractivity contribution >= 4 is 23.4 Å². The zero-order valence-corrected chi connectivity index (χ0v) is 18.5. The molecule has 32 heavy (non-hydrogen) atoms. The average molecular weight is 451 g/mol. The summed E-state index contributed by atoms with van der Waals surface area (Å²) >= 11 is 5.90. The number of nitrogens with one attached hydrogen (secondary N) is 2. The number of hydrogen-bond acceptors (Lipinski definition) is 3. The van der Waals surface area contributed by atoms with Gasteiger partial charge in [0.1, 0.15) is 6.04 Å². The van der Waals surface area contributed by atoms with Gasteiger partial charge in [0.15, 0.2) is 0 Å². The van der Waals surface area contributed by atoms with Crippen LogP contribution in [0.15, 0.2) is 78.9 Å². The molecule has 0 bridgehead atoms. The molecule has 3 rings (SSSR count). The number of aliphatic hydroxyl groups excluding tert-OH is 1. The van der Waals surface area contributed by atoms with Gasteiger partial charge in [-0.1, -0.05) is 66.2 Å². The largest absolute Gasteiger partial charge is 0.396 e. The minimum absolute atomic E-state index is 0.0496. The van der Waals surface area contributed by atoms with Crippen molar-refractivity contribution in [1.29, 1.82) is 0 Å². The van der Waals surface area contributed by atoms with Crippen LogP contribution in [0.25, 0.3) is 11.1 Å². The van der Waals surface area contributed by atoms with Gasteiger partial charge in [0, 0.05) is 23.7 Å². The molecule has 0 fully saturated rings. The van der Waals surface area contributed by atoms with E-state index in [0.717, 1.165) is 16.7 Å². The molecule has 0 unspecified atom stereocenters. The lowest BCUT2D eigenvalue weighted by atomic mass is 10.0. The summed E-state index contributed by atoms with van der Waals surface area (Å²) in [5.41, 5.74) is 3.49. The number of rotatable bonds is 10. The van der Waals surface area contributed by atoms with E-state index in [1.54, 1.807) is 24.3 Å². The van der Waals surface area contributed by atoms with Crippen LogP contribution in [0.3, 0.4) is 0 Å². The molecule has 6 heteroatoms. The lowest BCUT2D eigenvalue weighted by Crippen LogP contribution is -2.46. The van der Waals surface area contributed by atoms with E-state index in [1.165, 1.54) is 0 Å². The second kappa shape index (κ2) is 12.0. The molecule has 166 valence electrons. The maximum atomic E-state index is 12.8. The van der Waals surface area contributed by atoms with Crippen LogP contribution < -0.4 is 10.6 Å². The average Bonchev–Trinajstić information content (AvgIpc) is 2.83. The fourth-order valence-corrected chi connectivity index (χ4v) is 3.46. The highest BCUT2D eigenvalue weighted by molar-refractivity contribution is 6.30. The lowest BCUT2D eigenvalue weighted by Gasteiger charge is -2.19. The Morgan fingerprint density at radius 3 is 2.16 bits per heavy atom. The summed E-state index contributed by atoms with van der Waals surface area (Å²) in [4.78, 5) is 25.6. The summed E-state index contributed by atoms with van der Waals surface area (Å²) in [5, 5.41) is 15.4. The highest BCUT2D eigenvalue weighted by atomic mass is 35.5. The molecule has 0 aliphatic rings. The molecule has 0 aromatic heterocycles. The van der Waals surface area contributed by atoms with Crippen LogP contribution >= 0.6 is 11.6 Å². The van der Waals surface area contributed by atoms with E-state index in [2.05, 4.69) is 10.6 Å². The van der Waals surface area contributed by atoms with Crippen molar-refractivity contribution in [2.75, 3.05) is 6.61 Å². The smallest absolute Gasteiger partial charge is 0.251 e. The molecule has 0 spiro atoms. The van der Waals surface area contributed by atoms with Crippen molar-refractivity contribution in [1.82, 2.24) is 10.6 Å². The van der Waals surface area contributed by atoms with Crippen molar-refractivity contribution in [2.45, 2.75) is 31.8 Å². The highest BCUT2D eigenvalue weighted by Crippen LogP contribution is 2.19. The van der Waals surface area contributed by atoms with Crippen LogP contribution in [0.1, 0.15) is 35.2 Å². The van der Waals surface area contributed by atoms with E-state index in [-0.39, 0.29) is 18.4 Å². The predicted molar refractivity (Wildman–Crippen MR) is 127 cm³/mol. The first-order valence-electron chi connectivity index (χ1n) is 10.7. The van der Waals surface area contributed by atoms with Crippen LogP contribution in [0.4, 0.5) is 0 Å². The van der Waals surface area contributed by atoms with Gasteiger partial charge < -0.3 is 15.7 Å². The van der Waals surface area contributed by atoms with Crippen molar-refractivity contribution in [3.63, 3.8) is 0 Å². The SMILES string of the molecule is O=C(N[C@@H](CCCCO)C(=O)NCc1ccc(Cl)cc1)c1ccc(-c2ccccc2)cc1.